The van der Waals surface area contributed by atoms with Gasteiger partial charge >= 0.3 is 6.09 Å². The molecular formula is C35H50N4O6. The third-order valence-electron chi connectivity index (χ3n) is 10.0. The highest BCUT2D eigenvalue weighted by molar-refractivity contribution is 5.92. The second-order valence-corrected chi connectivity index (χ2v) is 14.5. The lowest BCUT2D eigenvalue weighted by atomic mass is 9.77. The zero-order valence-corrected chi connectivity index (χ0v) is 27.9. The van der Waals surface area contributed by atoms with Crippen molar-refractivity contribution in [1.29, 1.82) is 0 Å². The van der Waals surface area contributed by atoms with Crippen molar-refractivity contribution < 1.29 is 28.6 Å². The highest BCUT2D eigenvalue weighted by atomic mass is 16.6. The van der Waals surface area contributed by atoms with E-state index in [9.17, 15) is 14.4 Å². The van der Waals surface area contributed by atoms with Crippen LogP contribution in [0.5, 0.6) is 11.6 Å². The maximum Gasteiger partial charge on any atom is 0.408 e. The van der Waals surface area contributed by atoms with Crippen LogP contribution >= 0.6 is 0 Å². The van der Waals surface area contributed by atoms with Crippen LogP contribution in [0.25, 0.3) is 11.0 Å². The first-order chi connectivity index (χ1) is 21.4. The average molecular weight is 623 g/mol. The van der Waals surface area contributed by atoms with E-state index in [-0.39, 0.29) is 42.1 Å². The molecule has 3 heterocycles. The Balaban J connectivity index is 1.53. The predicted octanol–water partition coefficient (Wildman–Crippen LogP) is 5.88. The normalized spacial score (nSPS) is 30.2. The third kappa shape index (κ3) is 7.20. The maximum absolute atomic E-state index is 14.3. The second kappa shape index (κ2) is 13.5. The van der Waals surface area contributed by atoms with E-state index in [0.29, 0.717) is 23.6 Å². The third-order valence-corrected chi connectivity index (χ3v) is 10.0. The Labute approximate surface area is 267 Å². The molecule has 2 fully saturated rings. The molecule has 0 spiro atoms. The molecule has 1 aromatic heterocycles. The first-order valence-electron chi connectivity index (χ1n) is 16.7. The van der Waals surface area contributed by atoms with Gasteiger partial charge < -0.3 is 24.4 Å². The number of nitrogens with zero attached hydrogens (tertiary/aromatic N) is 3. The number of carbonyl (C=O) groups excluding carboxylic acids is 3. The number of hydrogen-bond donors (Lipinski definition) is 1. The number of ketones is 1. The van der Waals surface area contributed by atoms with Gasteiger partial charge in [-0.05, 0) is 68.4 Å². The molecule has 2 bridgehead atoms. The summed E-state index contributed by atoms with van der Waals surface area (Å²) >= 11 is 0. The van der Waals surface area contributed by atoms with E-state index in [1.54, 1.807) is 12.0 Å². The van der Waals surface area contributed by atoms with Crippen molar-refractivity contribution in [3.05, 3.63) is 23.9 Å². The zero-order valence-electron chi connectivity index (χ0n) is 27.9. The number of Topliss-reactive ketones (excluding diaryl/α,β-unsaturated/α-hetero) is 1. The molecular weight excluding hydrogens is 572 g/mol. The number of ether oxygens (including phenoxy) is 3. The van der Waals surface area contributed by atoms with E-state index in [0.717, 1.165) is 56.2 Å². The number of amides is 2. The molecule has 1 N–H and O–H groups in total. The molecule has 1 saturated carbocycles. The molecule has 7 atom stereocenters. The van der Waals surface area contributed by atoms with Gasteiger partial charge in [-0.2, -0.15) is 0 Å². The van der Waals surface area contributed by atoms with Crippen molar-refractivity contribution in [2.75, 3.05) is 13.7 Å². The summed E-state index contributed by atoms with van der Waals surface area (Å²) in [7, 11) is 1.61. The van der Waals surface area contributed by atoms with Crippen molar-refractivity contribution in [1.82, 2.24) is 20.2 Å². The minimum Gasteiger partial charge on any atom is -0.497 e. The Bertz CT molecular complexity index is 1410. The van der Waals surface area contributed by atoms with Crippen molar-refractivity contribution in [2.45, 2.75) is 117 Å². The summed E-state index contributed by atoms with van der Waals surface area (Å²) in [5.74, 6) is 0.879. The number of carbonyl (C=O) groups is 3. The molecule has 2 amide bonds. The summed E-state index contributed by atoms with van der Waals surface area (Å²) in [5.41, 5.74) is 1.56. The van der Waals surface area contributed by atoms with E-state index in [1.807, 2.05) is 45.9 Å². The molecule has 0 unspecified atom stereocenters. The molecule has 246 valence electrons. The number of benzene rings is 1. The minimum absolute atomic E-state index is 0.128. The van der Waals surface area contributed by atoms with Crippen LogP contribution in [0.1, 0.15) is 92.2 Å². The van der Waals surface area contributed by atoms with Crippen LogP contribution in [-0.4, -0.2) is 70.6 Å². The van der Waals surface area contributed by atoms with E-state index in [1.165, 1.54) is 6.92 Å². The molecule has 0 radical (unpaired) electrons. The predicted molar refractivity (Wildman–Crippen MR) is 171 cm³/mol. The number of methoxy groups -OCH3 is 1. The Morgan fingerprint density at radius 3 is 2.47 bits per heavy atom. The van der Waals surface area contributed by atoms with Crippen molar-refractivity contribution in [3.8, 4) is 11.6 Å². The van der Waals surface area contributed by atoms with E-state index in [2.05, 4.69) is 12.2 Å². The Morgan fingerprint density at radius 1 is 1.00 bits per heavy atom. The van der Waals surface area contributed by atoms with E-state index in [4.69, 9.17) is 24.2 Å². The van der Waals surface area contributed by atoms with Gasteiger partial charge in [0.05, 0.1) is 30.7 Å². The van der Waals surface area contributed by atoms with Crippen LogP contribution in [0.3, 0.4) is 0 Å². The molecule has 45 heavy (non-hydrogen) atoms. The molecule has 1 aromatic carbocycles. The Kier molecular flexibility index (Phi) is 9.89. The summed E-state index contributed by atoms with van der Waals surface area (Å²) in [5, 5.41) is 2.93. The van der Waals surface area contributed by atoms with Gasteiger partial charge in [0.25, 0.3) is 0 Å². The van der Waals surface area contributed by atoms with Crippen molar-refractivity contribution in [3.63, 3.8) is 0 Å². The first kappa shape index (κ1) is 32.9. The number of alkyl carbamates (subject to hydrolysis) is 1. The fraction of sp³-hybridized carbons (Fsp3) is 0.686. The Hall–Kier alpha value is -3.43. The van der Waals surface area contributed by atoms with E-state index >= 15 is 0 Å². The minimum atomic E-state index is -0.891. The molecule has 2 aliphatic heterocycles. The number of hydrogen-bond acceptors (Lipinski definition) is 8. The van der Waals surface area contributed by atoms with Gasteiger partial charge in [-0.3, -0.25) is 9.59 Å². The molecule has 2 aromatic rings. The smallest absolute Gasteiger partial charge is 0.408 e. The molecule has 3 aliphatic rings. The molecule has 1 aliphatic carbocycles. The fourth-order valence-electron chi connectivity index (χ4n) is 7.49. The van der Waals surface area contributed by atoms with Gasteiger partial charge in [-0.1, -0.05) is 53.9 Å². The van der Waals surface area contributed by atoms with Gasteiger partial charge in [0.1, 0.15) is 29.7 Å². The number of fused-ring (bicyclic) bond motifs is 5. The van der Waals surface area contributed by atoms with Gasteiger partial charge in [-0.15, -0.1) is 0 Å². The fourth-order valence-corrected chi connectivity index (χ4v) is 7.49. The van der Waals surface area contributed by atoms with Crippen LogP contribution in [-0.2, 0) is 20.7 Å². The van der Waals surface area contributed by atoms with Crippen molar-refractivity contribution in [2.24, 2.45) is 23.2 Å². The molecule has 5 rings (SSSR count). The first-order valence-corrected chi connectivity index (χ1v) is 16.7. The van der Waals surface area contributed by atoms with Crippen LogP contribution in [0.2, 0.25) is 0 Å². The van der Waals surface area contributed by atoms with Gasteiger partial charge in [0.2, 0.25) is 11.8 Å². The van der Waals surface area contributed by atoms with Crippen LogP contribution in [0, 0.1) is 23.2 Å². The molecule has 1 saturated heterocycles. The van der Waals surface area contributed by atoms with Gasteiger partial charge in [0, 0.05) is 12.0 Å². The summed E-state index contributed by atoms with van der Waals surface area (Å²) in [4.78, 5) is 52.2. The molecule has 10 heteroatoms. The van der Waals surface area contributed by atoms with Gasteiger partial charge in [0.15, 0.2) is 5.78 Å². The average Bonchev–Trinajstić information content (AvgIpc) is 3.31. The van der Waals surface area contributed by atoms with Crippen LogP contribution in [0.4, 0.5) is 4.79 Å². The summed E-state index contributed by atoms with van der Waals surface area (Å²) in [6.45, 7) is 11.5. The quantitative estimate of drug-likeness (QED) is 0.441. The lowest BCUT2D eigenvalue weighted by Crippen LogP contribution is -2.57. The molecule has 10 nitrogen and oxygen atoms in total. The lowest BCUT2D eigenvalue weighted by molar-refractivity contribution is -0.141. The maximum atomic E-state index is 14.3. The van der Waals surface area contributed by atoms with Crippen LogP contribution in [0.15, 0.2) is 18.2 Å². The monoisotopic (exact) mass is 622 g/mol. The van der Waals surface area contributed by atoms with Crippen molar-refractivity contribution >= 4 is 28.8 Å². The lowest BCUT2D eigenvalue weighted by Gasteiger charge is -2.38. The second-order valence-electron chi connectivity index (χ2n) is 14.5. The summed E-state index contributed by atoms with van der Waals surface area (Å²) in [6.07, 6.45) is 6.51. The highest BCUT2D eigenvalue weighted by Crippen LogP contribution is 2.37. The number of aryl methyl sites for hydroxylation is 1. The number of nitrogens with one attached hydrogen (secondary N) is 1. The topological polar surface area (TPSA) is 120 Å². The van der Waals surface area contributed by atoms with E-state index < -0.39 is 29.7 Å². The summed E-state index contributed by atoms with van der Waals surface area (Å²) in [6, 6.07) is 4.02. The van der Waals surface area contributed by atoms with Crippen LogP contribution < -0.4 is 14.8 Å². The number of aromatic nitrogens is 2. The number of rotatable bonds is 2. The Morgan fingerprint density at radius 2 is 1.76 bits per heavy atom. The largest absolute Gasteiger partial charge is 0.497 e. The SMILES string of the molecule is COc1ccc2nc3c(nc2c1)O[C@H]1CN(C(=O)[C@H](C(C)(C)C)NC(=O)O[C@H]2[C@H](CCCCC3)CCC[C@H]2C)[C@H](C(C)=O)[C@@H]1C. The van der Waals surface area contributed by atoms with Gasteiger partial charge in [-0.25, -0.2) is 14.8 Å². The zero-order chi connectivity index (χ0) is 32.5. The highest BCUT2D eigenvalue weighted by Gasteiger charge is 2.49. The summed E-state index contributed by atoms with van der Waals surface area (Å²) < 4.78 is 18.2. The standard InChI is InChI=1S/C35H50N4O6/c1-20-12-11-14-23-13-9-8-10-15-26-32(37-27-18-24(43-7)16-17-25(27)36-26)44-28-19-39(29(21(28)2)22(3)40)33(41)31(35(4,5)6)38-34(42)45-30(20)23/h16-18,20-21,23,28-31H,8-15,19H2,1-7H3,(H,38,42)/t20-,21-,23-,28+,29+,30-,31-/m1/s1.